The Morgan fingerprint density at radius 1 is 0.474 bits per heavy atom. The second kappa shape index (κ2) is 42.6. The van der Waals surface area contributed by atoms with Gasteiger partial charge in [0.05, 0.1) is 26.1 Å². The quantitative estimate of drug-likeness (QED) is 0.0218. The molecule has 0 radical (unpaired) electrons. The van der Waals surface area contributed by atoms with E-state index in [1.807, 2.05) is 0 Å². The number of rotatable bonds is 42. The number of phosphoric acid groups is 1. The molecule has 0 bridgehead atoms. The van der Waals surface area contributed by atoms with E-state index in [0.29, 0.717) is 0 Å². The van der Waals surface area contributed by atoms with Crippen LogP contribution < -0.4 is 11.5 Å². The highest BCUT2D eigenvalue weighted by atomic mass is 35.5. The summed E-state index contributed by atoms with van der Waals surface area (Å²) in [5.74, 6) is -2.58. The number of phosphoric ester groups is 1. The smallest absolute Gasteiger partial charge is 0.472 e. The number of nitrogens with two attached hydrogens (primary N) is 2. The van der Waals surface area contributed by atoms with Crippen molar-refractivity contribution in [3.05, 3.63) is 0 Å². The van der Waals surface area contributed by atoms with E-state index in [4.69, 9.17) is 40.2 Å². The molecular weight excluding hydrogens is 802 g/mol. The number of carbonyl (C=O) groups excluding carboxylic acids is 2. The lowest BCUT2D eigenvalue weighted by molar-refractivity contribution is -0.161. The summed E-state index contributed by atoms with van der Waals surface area (Å²) in [5.41, 5.74) is 10.8. The average molecular weight is 882 g/mol. The Kier molecular flexibility index (Phi) is 44.7. The number of ether oxygens (including phenoxy) is 2. The lowest BCUT2D eigenvalue weighted by Gasteiger charge is -2.22. The van der Waals surface area contributed by atoms with Crippen molar-refractivity contribution in [3.63, 3.8) is 0 Å². The zero-order chi connectivity index (χ0) is 40.8. The van der Waals surface area contributed by atoms with Crippen LogP contribution in [0.1, 0.15) is 186 Å². The van der Waals surface area contributed by atoms with E-state index >= 15 is 0 Å². The molecule has 0 heterocycles. The van der Waals surface area contributed by atoms with Gasteiger partial charge in [0.15, 0.2) is 6.10 Å². The highest BCUT2D eigenvalue weighted by Crippen LogP contribution is 2.44. The first-order valence-electron chi connectivity index (χ1n) is 21.3. The molecule has 340 valence electrons. The Hall–Kier alpha value is -1.51. The van der Waals surface area contributed by atoms with Gasteiger partial charge in [0.1, 0.15) is 6.61 Å². The summed E-state index contributed by atoms with van der Waals surface area (Å²) < 4.78 is 33.8. The van der Waals surface area contributed by atoms with Gasteiger partial charge in [-0.15, -0.1) is 24.8 Å². The Morgan fingerprint density at radius 2 is 0.807 bits per heavy atom. The lowest BCUT2D eigenvalue weighted by atomic mass is 9.94. The van der Waals surface area contributed by atoms with Gasteiger partial charge in [-0.3, -0.25) is 28.2 Å². The summed E-state index contributed by atoms with van der Waals surface area (Å²) in [5, 5.41) is 17.4. The molecular formula is C40H79Cl2N2O12P. The minimum atomic E-state index is -4.50. The molecule has 0 amide bonds. The van der Waals surface area contributed by atoms with Gasteiger partial charge in [-0.2, -0.15) is 0 Å². The summed E-state index contributed by atoms with van der Waals surface area (Å²) in [7, 11) is -4.50. The third kappa shape index (κ3) is 43.9. The fourth-order valence-corrected chi connectivity index (χ4v) is 7.19. The molecule has 0 aromatic carbocycles. The zero-order valence-corrected chi connectivity index (χ0v) is 37.2. The van der Waals surface area contributed by atoms with Crippen LogP contribution >= 0.6 is 32.6 Å². The first-order chi connectivity index (χ1) is 26.5. The maximum atomic E-state index is 12.9. The summed E-state index contributed by atoms with van der Waals surface area (Å²) in [6.07, 6.45) is 26.3. The highest BCUT2D eigenvalue weighted by Gasteiger charge is 2.27. The van der Waals surface area contributed by atoms with Crippen LogP contribution in [-0.4, -0.2) is 78.0 Å². The highest BCUT2D eigenvalue weighted by molar-refractivity contribution is 7.47. The van der Waals surface area contributed by atoms with Crippen LogP contribution in [-0.2, 0) is 42.3 Å². The Bertz CT molecular complexity index is 1030. The Labute approximate surface area is 355 Å². The van der Waals surface area contributed by atoms with Gasteiger partial charge in [0.25, 0.3) is 0 Å². The van der Waals surface area contributed by atoms with E-state index in [0.717, 1.165) is 96.3 Å². The molecule has 0 aromatic rings. The van der Waals surface area contributed by atoms with Gasteiger partial charge in [0.2, 0.25) is 0 Å². The van der Waals surface area contributed by atoms with Crippen LogP contribution in [0.3, 0.4) is 0 Å². The van der Waals surface area contributed by atoms with Gasteiger partial charge in [0, 0.05) is 25.9 Å². The normalized spacial score (nSPS) is 13.1. The number of carboxylic acid groups (broad SMARTS) is 2. The second-order valence-electron chi connectivity index (χ2n) is 14.8. The SMILES string of the molecule is Cl.Cl.NCCC(=O)OCC(COP(=O)(O)OC[C@H](CCCCCCCCCCCCCCC(=O)O)CCCCCCCCCCCCCC(=O)O)OC(=O)CCN. The van der Waals surface area contributed by atoms with Gasteiger partial charge in [-0.25, -0.2) is 4.57 Å². The largest absolute Gasteiger partial charge is 0.481 e. The zero-order valence-electron chi connectivity index (χ0n) is 34.6. The summed E-state index contributed by atoms with van der Waals surface area (Å²) in [6.45, 7) is -0.639. The number of carboxylic acids is 2. The molecule has 0 rings (SSSR count). The van der Waals surface area contributed by atoms with Crippen LogP contribution in [0.5, 0.6) is 0 Å². The summed E-state index contributed by atoms with van der Waals surface area (Å²) >= 11 is 0. The van der Waals surface area contributed by atoms with Gasteiger partial charge < -0.3 is 36.0 Å². The van der Waals surface area contributed by atoms with Crippen molar-refractivity contribution in [2.45, 2.75) is 192 Å². The molecule has 14 nitrogen and oxygen atoms in total. The molecule has 7 N–H and O–H groups in total. The molecule has 0 aliphatic heterocycles. The molecule has 0 aliphatic rings. The average Bonchev–Trinajstić information content (AvgIpc) is 3.13. The van der Waals surface area contributed by atoms with Crippen LogP contribution in [0.4, 0.5) is 0 Å². The second-order valence-corrected chi connectivity index (χ2v) is 16.2. The number of hydrogen-bond donors (Lipinski definition) is 5. The number of carbonyl (C=O) groups is 4. The number of aliphatic carboxylic acids is 2. The van der Waals surface area contributed by atoms with E-state index in [1.54, 1.807) is 0 Å². The van der Waals surface area contributed by atoms with Crippen molar-refractivity contribution < 1.29 is 57.4 Å². The van der Waals surface area contributed by atoms with Gasteiger partial charge in [-0.1, -0.05) is 135 Å². The lowest BCUT2D eigenvalue weighted by Crippen LogP contribution is -2.30. The minimum Gasteiger partial charge on any atom is -0.481 e. The number of unbranched alkanes of at least 4 members (excludes halogenated alkanes) is 21. The first-order valence-corrected chi connectivity index (χ1v) is 22.8. The molecule has 3 atom stereocenters. The van der Waals surface area contributed by atoms with E-state index in [1.165, 1.54) is 64.2 Å². The standard InChI is InChI=1S/C40H77N2O12P.2ClH/c41-30-28-39(47)51-33-36(54-40(48)29-31-42)34-53-55(49,50)52-32-35(25-21-17-13-9-5-3-7-11-15-19-23-27-38(45)46)24-20-16-12-8-4-1-2-6-10-14-18-22-26-37(43)44;;/h35-36H,1-34,41-42H2,(H,43,44)(H,45,46)(H,49,50);2*1H/t35-,36?;;/m1../s1. The molecule has 0 aliphatic carbocycles. The fraction of sp³-hybridized carbons (Fsp3) is 0.900. The molecule has 17 heteroatoms. The minimum absolute atomic E-state index is 0. The maximum absolute atomic E-state index is 12.9. The molecule has 0 fully saturated rings. The molecule has 0 saturated heterocycles. The van der Waals surface area contributed by atoms with Crippen molar-refractivity contribution in [1.29, 1.82) is 0 Å². The monoisotopic (exact) mass is 880 g/mol. The van der Waals surface area contributed by atoms with Gasteiger partial charge in [-0.05, 0) is 31.6 Å². The van der Waals surface area contributed by atoms with Gasteiger partial charge >= 0.3 is 31.7 Å². The number of hydrogen-bond acceptors (Lipinski definition) is 11. The van der Waals surface area contributed by atoms with E-state index in [2.05, 4.69) is 0 Å². The molecule has 57 heavy (non-hydrogen) atoms. The van der Waals surface area contributed by atoms with Crippen molar-refractivity contribution in [1.82, 2.24) is 0 Å². The predicted molar refractivity (Wildman–Crippen MR) is 228 cm³/mol. The topological polar surface area (TPSA) is 235 Å². The molecule has 0 spiro atoms. The first kappa shape index (κ1) is 59.8. The fourth-order valence-electron chi connectivity index (χ4n) is 6.36. The maximum Gasteiger partial charge on any atom is 0.472 e. The molecule has 0 aromatic heterocycles. The summed E-state index contributed by atoms with van der Waals surface area (Å²) in [6, 6.07) is 0. The van der Waals surface area contributed by atoms with E-state index < -0.39 is 44.4 Å². The number of esters is 2. The third-order valence-electron chi connectivity index (χ3n) is 9.58. The van der Waals surface area contributed by atoms with Crippen molar-refractivity contribution >= 4 is 56.5 Å². The van der Waals surface area contributed by atoms with E-state index in [-0.39, 0.29) is 82.7 Å². The van der Waals surface area contributed by atoms with Crippen LogP contribution in [0.2, 0.25) is 0 Å². The van der Waals surface area contributed by atoms with Crippen LogP contribution in [0, 0.1) is 5.92 Å². The number of halogens is 2. The van der Waals surface area contributed by atoms with Crippen molar-refractivity contribution in [3.8, 4) is 0 Å². The third-order valence-corrected chi connectivity index (χ3v) is 10.5. The van der Waals surface area contributed by atoms with E-state index in [9.17, 15) is 28.6 Å². The predicted octanol–water partition coefficient (Wildman–Crippen LogP) is 9.43. The Morgan fingerprint density at radius 3 is 1.18 bits per heavy atom. The summed E-state index contributed by atoms with van der Waals surface area (Å²) in [4.78, 5) is 55.5. The van der Waals surface area contributed by atoms with Crippen LogP contribution in [0.15, 0.2) is 0 Å². The van der Waals surface area contributed by atoms with Crippen molar-refractivity contribution in [2.24, 2.45) is 17.4 Å². The molecule has 2 unspecified atom stereocenters. The van der Waals surface area contributed by atoms with Crippen LogP contribution in [0.25, 0.3) is 0 Å². The van der Waals surface area contributed by atoms with Crippen molar-refractivity contribution in [2.75, 3.05) is 32.9 Å². The Balaban J connectivity index is -0.0000146. The molecule has 0 saturated carbocycles.